The molecule has 0 fully saturated rings. The van der Waals surface area contributed by atoms with Crippen molar-refractivity contribution in [2.45, 2.75) is 18.1 Å². The molecule has 1 aromatic heterocycles. The highest BCUT2D eigenvalue weighted by molar-refractivity contribution is 7.98. The summed E-state index contributed by atoms with van der Waals surface area (Å²) in [6.07, 6.45) is 1.91. The first kappa shape index (κ1) is 12.9. The lowest BCUT2D eigenvalue weighted by Gasteiger charge is -2.23. The van der Waals surface area contributed by atoms with Gasteiger partial charge in [0.15, 0.2) is 0 Å². The Hall–Kier alpha value is -2.15. The van der Waals surface area contributed by atoms with E-state index in [4.69, 9.17) is 0 Å². The van der Waals surface area contributed by atoms with E-state index in [1.54, 1.807) is 4.68 Å². The summed E-state index contributed by atoms with van der Waals surface area (Å²) in [4.78, 5) is 8.70. The molecule has 0 radical (unpaired) electrons. The van der Waals surface area contributed by atoms with Crippen LogP contribution in [0.4, 0.5) is 5.95 Å². The molecular formula is C13H13N5OS. The molecule has 6 nitrogen and oxygen atoms in total. The fraction of sp³-hybridized carbons (Fsp3) is 0.231. The molecule has 1 aromatic carbocycles. The van der Waals surface area contributed by atoms with Gasteiger partial charge in [-0.05, 0) is 18.7 Å². The van der Waals surface area contributed by atoms with Gasteiger partial charge in [0.05, 0.1) is 5.71 Å². The van der Waals surface area contributed by atoms with Crippen LogP contribution in [-0.2, 0) is 0 Å². The summed E-state index contributed by atoms with van der Waals surface area (Å²) in [5.74, 6) is 0.535. The Morgan fingerprint density at radius 2 is 2.05 bits per heavy atom. The molecule has 0 saturated heterocycles. The third-order valence-corrected chi connectivity index (χ3v) is 3.68. The first-order valence-electron chi connectivity index (χ1n) is 6.07. The van der Waals surface area contributed by atoms with Crippen LogP contribution in [0.5, 0.6) is 0 Å². The van der Waals surface area contributed by atoms with Crippen molar-refractivity contribution in [2.24, 2.45) is 10.1 Å². The zero-order chi connectivity index (χ0) is 14.1. The van der Waals surface area contributed by atoms with Crippen LogP contribution in [-0.4, -0.2) is 37.7 Å². The van der Waals surface area contributed by atoms with Crippen LogP contribution in [0.3, 0.4) is 0 Å². The van der Waals surface area contributed by atoms with E-state index >= 15 is 0 Å². The fourth-order valence-electron chi connectivity index (χ4n) is 2.21. The topological polar surface area (TPSA) is 75.7 Å². The average Bonchev–Trinajstić information content (AvgIpc) is 2.89. The van der Waals surface area contributed by atoms with Gasteiger partial charge in [-0.25, -0.2) is 9.67 Å². The van der Waals surface area contributed by atoms with Crippen LogP contribution in [0, 0.1) is 0 Å². The zero-order valence-electron chi connectivity index (χ0n) is 11.1. The number of thioether (sulfide) groups is 1. The molecule has 2 aromatic rings. The molecule has 0 saturated carbocycles. The molecule has 0 spiro atoms. The summed E-state index contributed by atoms with van der Waals surface area (Å²) in [5, 5.41) is 17.8. The maximum atomic E-state index is 9.32. The van der Waals surface area contributed by atoms with E-state index in [-0.39, 0.29) is 6.04 Å². The molecule has 0 bridgehead atoms. The Labute approximate surface area is 120 Å². The quantitative estimate of drug-likeness (QED) is 0.523. The SMILES string of the molecule is CSc1nc2n(n1)[C@H](c1ccccc1)/C(=N\O)C(C)=N2. The first-order chi connectivity index (χ1) is 9.74. The molecule has 0 amide bonds. The first-order valence-corrected chi connectivity index (χ1v) is 7.30. The van der Waals surface area contributed by atoms with Gasteiger partial charge in [0.25, 0.3) is 0 Å². The summed E-state index contributed by atoms with van der Waals surface area (Å²) >= 11 is 1.45. The van der Waals surface area contributed by atoms with Gasteiger partial charge < -0.3 is 5.21 Å². The normalized spacial score (nSPS) is 19.8. The van der Waals surface area contributed by atoms with Gasteiger partial charge in [-0.1, -0.05) is 47.2 Å². The summed E-state index contributed by atoms with van der Waals surface area (Å²) in [6.45, 7) is 1.81. The Bertz CT molecular complexity index is 692. The number of rotatable bonds is 2. The molecule has 102 valence electrons. The molecule has 7 heteroatoms. The number of nitrogens with zero attached hydrogens (tertiary/aromatic N) is 5. The molecule has 1 aliphatic heterocycles. The van der Waals surface area contributed by atoms with Crippen molar-refractivity contribution in [1.29, 1.82) is 0 Å². The maximum absolute atomic E-state index is 9.32. The van der Waals surface area contributed by atoms with Crippen LogP contribution < -0.4 is 0 Å². The highest BCUT2D eigenvalue weighted by Crippen LogP contribution is 2.30. The molecule has 1 N–H and O–H groups in total. The van der Waals surface area contributed by atoms with Crippen LogP contribution in [0.2, 0.25) is 0 Å². The third kappa shape index (κ3) is 2.00. The highest BCUT2D eigenvalue weighted by atomic mass is 32.2. The molecule has 1 atom stereocenters. The number of hydrogen-bond donors (Lipinski definition) is 1. The highest BCUT2D eigenvalue weighted by Gasteiger charge is 2.31. The summed E-state index contributed by atoms with van der Waals surface area (Å²) in [5.41, 5.74) is 2.11. The Morgan fingerprint density at radius 1 is 1.30 bits per heavy atom. The van der Waals surface area contributed by atoms with Gasteiger partial charge in [0.2, 0.25) is 11.1 Å². The van der Waals surface area contributed by atoms with E-state index in [0.29, 0.717) is 22.5 Å². The zero-order valence-corrected chi connectivity index (χ0v) is 11.9. The second-order valence-electron chi connectivity index (χ2n) is 4.34. The van der Waals surface area contributed by atoms with Gasteiger partial charge in [0, 0.05) is 0 Å². The van der Waals surface area contributed by atoms with E-state index in [0.717, 1.165) is 5.56 Å². The molecule has 0 unspecified atom stereocenters. The second kappa shape index (κ2) is 5.09. The monoisotopic (exact) mass is 287 g/mol. The lowest BCUT2D eigenvalue weighted by Crippen LogP contribution is -2.30. The maximum Gasteiger partial charge on any atom is 0.250 e. The third-order valence-electron chi connectivity index (χ3n) is 3.14. The van der Waals surface area contributed by atoms with E-state index in [2.05, 4.69) is 20.2 Å². The van der Waals surface area contributed by atoms with Crippen molar-refractivity contribution in [3.63, 3.8) is 0 Å². The van der Waals surface area contributed by atoms with Crippen molar-refractivity contribution in [1.82, 2.24) is 14.8 Å². The molecule has 0 aliphatic carbocycles. The number of benzene rings is 1. The van der Waals surface area contributed by atoms with Crippen molar-refractivity contribution in [2.75, 3.05) is 6.26 Å². The predicted molar refractivity (Wildman–Crippen MR) is 78.4 cm³/mol. The molecule has 1 aliphatic rings. The van der Waals surface area contributed by atoms with Crippen LogP contribution >= 0.6 is 11.8 Å². The summed E-state index contributed by atoms with van der Waals surface area (Å²) in [7, 11) is 0. The van der Waals surface area contributed by atoms with Crippen molar-refractivity contribution >= 4 is 29.1 Å². The Balaban J connectivity index is 2.20. The predicted octanol–water partition coefficient (Wildman–Crippen LogP) is 2.53. The number of fused-ring (bicyclic) bond motifs is 1. The van der Waals surface area contributed by atoms with Crippen molar-refractivity contribution < 1.29 is 5.21 Å². The van der Waals surface area contributed by atoms with Gasteiger partial charge in [-0.2, -0.15) is 4.98 Å². The number of hydrogen-bond acceptors (Lipinski definition) is 6. The van der Waals surface area contributed by atoms with Crippen LogP contribution in [0.15, 0.2) is 45.6 Å². The van der Waals surface area contributed by atoms with Crippen molar-refractivity contribution in [3.05, 3.63) is 35.9 Å². The number of oxime groups is 1. The van der Waals surface area contributed by atoms with Crippen molar-refractivity contribution in [3.8, 4) is 0 Å². The molecule has 2 heterocycles. The molecule has 3 rings (SSSR count). The average molecular weight is 287 g/mol. The summed E-state index contributed by atoms with van der Waals surface area (Å²) in [6, 6.07) is 9.47. The van der Waals surface area contributed by atoms with Gasteiger partial charge in [0.1, 0.15) is 11.8 Å². The molecule has 20 heavy (non-hydrogen) atoms. The summed E-state index contributed by atoms with van der Waals surface area (Å²) < 4.78 is 1.70. The van der Waals surface area contributed by atoms with Crippen LogP contribution in [0.1, 0.15) is 18.5 Å². The van der Waals surface area contributed by atoms with Gasteiger partial charge in [-0.3, -0.25) is 0 Å². The van der Waals surface area contributed by atoms with Gasteiger partial charge in [-0.15, -0.1) is 5.10 Å². The van der Waals surface area contributed by atoms with E-state index < -0.39 is 0 Å². The minimum Gasteiger partial charge on any atom is -0.411 e. The van der Waals surface area contributed by atoms with E-state index in [1.807, 2.05) is 43.5 Å². The number of aromatic nitrogens is 3. The second-order valence-corrected chi connectivity index (χ2v) is 5.11. The standard InChI is InChI=1S/C13H13N5OS/c1-8-10(17-19)11(9-6-4-3-5-7-9)18-12(14-8)15-13(16-18)20-2/h3-7,11,19H,1-2H3/b17-10-/t11-/m1/s1. The smallest absolute Gasteiger partial charge is 0.250 e. The molecular weight excluding hydrogens is 274 g/mol. The minimum atomic E-state index is -0.304. The largest absolute Gasteiger partial charge is 0.411 e. The van der Waals surface area contributed by atoms with Gasteiger partial charge >= 0.3 is 0 Å². The Morgan fingerprint density at radius 3 is 2.70 bits per heavy atom. The fourth-order valence-corrected chi connectivity index (χ4v) is 2.56. The number of aliphatic imine (C=N–C) groups is 1. The lowest BCUT2D eigenvalue weighted by atomic mass is 9.98. The lowest BCUT2D eigenvalue weighted by molar-refractivity contribution is 0.316. The van der Waals surface area contributed by atoms with E-state index in [9.17, 15) is 5.21 Å². The minimum absolute atomic E-state index is 0.304. The van der Waals surface area contributed by atoms with E-state index in [1.165, 1.54) is 11.8 Å². The van der Waals surface area contributed by atoms with Crippen LogP contribution in [0.25, 0.3) is 0 Å². The Kier molecular flexibility index (Phi) is 3.27.